The number of hydrogen-bond acceptors (Lipinski definition) is 1. The van der Waals surface area contributed by atoms with Crippen LogP contribution in [0.25, 0.3) is 0 Å². The molecule has 2 aliphatic carbocycles. The molecular formula is C9H14O. The maximum atomic E-state index is 11.1. The van der Waals surface area contributed by atoms with E-state index in [-0.39, 0.29) is 0 Å². The molecule has 0 aliphatic heterocycles. The quantitative estimate of drug-likeness (QED) is 0.501. The van der Waals surface area contributed by atoms with Crippen LogP contribution in [-0.4, -0.2) is 5.78 Å². The molecule has 0 N–H and O–H groups in total. The van der Waals surface area contributed by atoms with E-state index in [4.69, 9.17) is 0 Å². The summed E-state index contributed by atoms with van der Waals surface area (Å²) in [6.45, 7) is 2.28. The van der Waals surface area contributed by atoms with Crippen LogP contribution in [0.2, 0.25) is 0 Å². The normalized spacial score (nSPS) is 46.1. The van der Waals surface area contributed by atoms with Crippen LogP contribution in [0.15, 0.2) is 0 Å². The van der Waals surface area contributed by atoms with E-state index in [2.05, 4.69) is 6.92 Å². The lowest BCUT2D eigenvalue weighted by molar-refractivity contribution is -0.145. The molecule has 2 aliphatic rings. The summed E-state index contributed by atoms with van der Waals surface area (Å²) < 4.78 is 0. The largest absolute Gasteiger partial charge is 0.299 e. The summed E-state index contributed by atoms with van der Waals surface area (Å²) in [6, 6.07) is 0. The zero-order valence-electron chi connectivity index (χ0n) is 6.52. The molecule has 0 amide bonds. The molecule has 0 heterocycles. The van der Waals surface area contributed by atoms with Gasteiger partial charge in [0.25, 0.3) is 0 Å². The summed E-state index contributed by atoms with van der Waals surface area (Å²) >= 11 is 0. The minimum atomic E-state index is 0.440. The Bertz CT molecular complexity index is 174. The van der Waals surface area contributed by atoms with Gasteiger partial charge in [0.05, 0.1) is 0 Å². The first-order valence-electron chi connectivity index (χ1n) is 4.25. The molecule has 0 aromatic rings. The third kappa shape index (κ3) is 0.664. The second-order valence-electron chi connectivity index (χ2n) is 4.10. The highest BCUT2D eigenvalue weighted by Crippen LogP contribution is 2.52. The van der Waals surface area contributed by atoms with Gasteiger partial charge in [0.15, 0.2) is 0 Å². The summed E-state index contributed by atoms with van der Waals surface area (Å²) in [5.41, 5.74) is 0.440. The van der Waals surface area contributed by atoms with Gasteiger partial charge in [-0.25, -0.2) is 0 Å². The van der Waals surface area contributed by atoms with Crippen molar-refractivity contribution in [3.05, 3.63) is 0 Å². The lowest BCUT2D eigenvalue weighted by Crippen LogP contribution is -2.48. The monoisotopic (exact) mass is 138 g/mol. The predicted octanol–water partition coefficient (Wildman–Crippen LogP) is 2.16. The molecule has 1 nitrogen and oxygen atoms in total. The van der Waals surface area contributed by atoms with Gasteiger partial charge in [-0.2, -0.15) is 0 Å². The van der Waals surface area contributed by atoms with Gasteiger partial charge in [-0.05, 0) is 18.3 Å². The highest BCUT2D eigenvalue weighted by atomic mass is 16.1. The highest BCUT2D eigenvalue weighted by molar-refractivity contribution is 5.88. The van der Waals surface area contributed by atoms with Gasteiger partial charge >= 0.3 is 0 Å². The van der Waals surface area contributed by atoms with Crippen LogP contribution in [0.4, 0.5) is 0 Å². The number of hydrogen-bond donors (Lipinski definition) is 0. The van der Waals surface area contributed by atoms with E-state index in [0.29, 0.717) is 17.1 Å². The number of rotatable bonds is 0. The van der Waals surface area contributed by atoms with Crippen LogP contribution in [-0.2, 0) is 4.79 Å². The van der Waals surface area contributed by atoms with Gasteiger partial charge < -0.3 is 0 Å². The van der Waals surface area contributed by atoms with Crippen molar-refractivity contribution in [1.82, 2.24) is 0 Å². The summed E-state index contributed by atoms with van der Waals surface area (Å²) in [4.78, 5) is 11.1. The Morgan fingerprint density at radius 2 is 2.30 bits per heavy atom. The Hall–Kier alpha value is -0.330. The Labute approximate surface area is 61.8 Å². The van der Waals surface area contributed by atoms with Crippen LogP contribution >= 0.6 is 0 Å². The fourth-order valence-electron chi connectivity index (χ4n) is 2.55. The molecule has 2 atom stereocenters. The summed E-state index contributed by atoms with van der Waals surface area (Å²) in [6.07, 6.45) is 5.97. The molecule has 0 bridgehead atoms. The van der Waals surface area contributed by atoms with E-state index in [0.717, 1.165) is 6.42 Å². The maximum absolute atomic E-state index is 11.1. The third-order valence-electron chi connectivity index (χ3n) is 3.30. The topological polar surface area (TPSA) is 17.1 Å². The molecule has 0 radical (unpaired) electrons. The van der Waals surface area contributed by atoms with Crippen molar-refractivity contribution in [3.63, 3.8) is 0 Å². The maximum Gasteiger partial charge on any atom is 0.137 e. The van der Waals surface area contributed by atoms with Gasteiger partial charge in [0, 0.05) is 12.3 Å². The lowest BCUT2D eigenvalue weighted by Gasteiger charge is -2.48. The first kappa shape index (κ1) is 6.38. The standard InChI is InChI=1S/C9H14O/c1-9-5-3-2-4-7(9)8(10)6-9/h7H,2-6H2,1H3. The molecule has 10 heavy (non-hydrogen) atoms. The number of fused-ring (bicyclic) bond motifs is 1. The predicted molar refractivity (Wildman–Crippen MR) is 39.7 cm³/mol. The van der Waals surface area contributed by atoms with E-state index in [9.17, 15) is 4.79 Å². The summed E-state index contributed by atoms with van der Waals surface area (Å²) in [7, 11) is 0. The second kappa shape index (κ2) is 1.84. The molecule has 2 rings (SSSR count). The second-order valence-corrected chi connectivity index (χ2v) is 4.10. The lowest BCUT2D eigenvalue weighted by atomic mass is 9.54. The third-order valence-corrected chi connectivity index (χ3v) is 3.30. The molecule has 56 valence electrons. The van der Waals surface area contributed by atoms with Crippen molar-refractivity contribution in [3.8, 4) is 0 Å². The van der Waals surface area contributed by atoms with E-state index < -0.39 is 0 Å². The molecule has 0 aromatic heterocycles. The molecule has 1 heteroatoms. The van der Waals surface area contributed by atoms with Crippen LogP contribution in [0.5, 0.6) is 0 Å². The molecule has 2 saturated carbocycles. The number of ketones is 1. The van der Waals surface area contributed by atoms with Crippen LogP contribution in [0, 0.1) is 11.3 Å². The highest BCUT2D eigenvalue weighted by Gasteiger charge is 2.50. The van der Waals surface area contributed by atoms with E-state index in [1.165, 1.54) is 25.7 Å². The Kier molecular flexibility index (Phi) is 1.17. The smallest absolute Gasteiger partial charge is 0.137 e. The summed E-state index contributed by atoms with van der Waals surface area (Å²) in [5, 5.41) is 0. The van der Waals surface area contributed by atoms with E-state index >= 15 is 0 Å². The Morgan fingerprint density at radius 1 is 1.50 bits per heavy atom. The minimum absolute atomic E-state index is 0.440. The number of Topliss-reactive ketones (excluding diaryl/α,β-unsaturated/α-hetero) is 1. The zero-order chi connectivity index (χ0) is 7.19. The summed E-state index contributed by atoms with van der Waals surface area (Å²) in [5.74, 6) is 0.989. The van der Waals surface area contributed by atoms with E-state index in [1.54, 1.807) is 0 Å². The first-order valence-corrected chi connectivity index (χ1v) is 4.25. The van der Waals surface area contributed by atoms with Crippen molar-refractivity contribution in [1.29, 1.82) is 0 Å². The van der Waals surface area contributed by atoms with Gasteiger partial charge in [0.1, 0.15) is 5.78 Å². The van der Waals surface area contributed by atoms with Gasteiger partial charge in [-0.1, -0.05) is 19.8 Å². The van der Waals surface area contributed by atoms with Crippen molar-refractivity contribution in [2.45, 2.75) is 39.0 Å². The molecule has 0 spiro atoms. The van der Waals surface area contributed by atoms with Crippen LogP contribution in [0.1, 0.15) is 39.0 Å². The number of carbonyl (C=O) groups is 1. The van der Waals surface area contributed by atoms with Gasteiger partial charge in [-0.3, -0.25) is 4.79 Å². The average Bonchev–Trinajstić information content (AvgIpc) is 1.86. The first-order chi connectivity index (χ1) is 4.72. The molecule has 0 saturated heterocycles. The van der Waals surface area contributed by atoms with Crippen LogP contribution < -0.4 is 0 Å². The fraction of sp³-hybridized carbons (Fsp3) is 0.889. The van der Waals surface area contributed by atoms with Gasteiger partial charge in [-0.15, -0.1) is 0 Å². The van der Waals surface area contributed by atoms with Crippen LogP contribution in [0.3, 0.4) is 0 Å². The number of carbonyl (C=O) groups excluding carboxylic acids is 1. The molecule has 2 fully saturated rings. The molecular weight excluding hydrogens is 124 g/mol. The fourth-order valence-corrected chi connectivity index (χ4v) is 2.55. The average molecular weight is 138 g/mol. The van der Waals surface area contributed by atoms with Crippen molar-refractivity contribution in [2.75, 3.05) is 0 Å². The molecule has 0 aromatic carbocycles. The van der Waals surface area contributed by atoms with Gasteiger partial charge in [0.2, 0.25) is 0 Å². The zero-order valence-corrected chi connectivity index (χ0v) is 6.52. The Morgan fingerprint density at radius 3 is 2.80 bits per heavy atom. The van der Waals surface area contributed by atoms with Crippen molar-refractivity contribution in [2.24, 2.45) is 11.3 Å². The SMILES string of the molecule is CC12CCCCC1C(=O)C2. The van der Waals surface area contributed by atoms with Crippen molar-refractivity contribution >= 4 is 5.78 Å². The van der Waals surface area contributed by atoms with Crippen molar-refractivity contribution < 1.29 is 4.79 Å². The Balaban J connectivity index is 2.13. The van der Waals surface area contributed by atoms with E-state index in [1.807, 2.05) is 0 Å². The molecule has 2 unspecified atom stereocenters. The minimum Gasteiger partial charge on any atom is -0.299 e.